The van der Waals surface area contributed by atoms with Crippen LogP contribution in [0.25, 0.3) is 0 Å². The van der Waals surface area contributed by atoms with E-state index in [1.165, 1.54) is 0 Å². The van der Waals surface area contributed by atoms with Crippen LogP contribution in [-0.2, 0) is 6.54 Å². The first-order chi connectivity index (χ1) is 8.13. The summed E-state index contributed by atoms with van der Waals surface area (Å²) in [5, 5.41) is 13.1. The summed E-state index contributed by atoms with van der Waals surface area (Å²) < 4.78 is 5.64. The van der Waals surface area contributed by atoms with E-state index in [4.69, 9.17) is 16.3 Å². The molecular weight excluding hydrogens is 238 g/mol. The van der Waals surface area contributed by atoms with Crippen LogP contribution in [0.15, 0.2) is 18.2 Å². The van der Waals surface area contributed by atoms with E-state index in [1.54, 1.807) is 6.92 Å². The molecule has 1 unspecified atom stereocenters. The van der Waals surface area contributed by atoms with Crippen molar-refractivity contribution >= 4 is 11.6 Å². The predicted octanol–water partition coefficient (Wildman–Crippen LogP) is 2.60. The van der Waals surface area contributed by atoms with Crippen LogP contribution in [-0.4, -0.2) is 24.4 Å². The quantitative estimate of drug-likeness (QED) is 0.789. The van der Waals surface area contributed by atoms with E-state index < -0.39 is 0 Å². The summed E-state index contributed by atoms with van der Waals surface area (Å²) in [6.07, 6.45) is 0.294. The third-order valence-electron chi connectivity index (χ3n) is 2.38. The molecule has 0 bridgehead atoms. The van der Waals surface area contributed by atoms with Gasteiger partial charge in [0.1, 0.15) is 5.75 Å². The van der Waals surface area contributed by atoms with Crippen molar-refractivity contribution < 1.29 is 9.84 Å². The van der Waals surface area contributed by atoms with Crippen LogP contribution in [0.3, 0.4) is 0 Å². The Balaban J connectivity index is 2.62. The molecule has 1 rings (SSSR count). The number of rotatable bonds is 7. The highest BCUT2D eigenvalue weighted by Gasteiger charge is 2.05. The molecule has 0 saturated heterocycles. The molecule has 0 aliphatic rings. The van der Waals surface area contributed by atoms with Crippen molar-refractivity contribution in [2.24, 2.45) is 0 Å². The molecule has 3 nitrogen and oxygen atoms in total. The standard InChI is InChI=1S/C13H20ClNO2/c1-3-15-9-11-8-12(14)4-5-13(11)17-7-6-10(2)16/h4-5,8,10,15-16H,3,6-7,9H2,1-2H3. The molecule has 96 valence electrons. The van der Waals surface area contributed by atoms with Crippen molar-refractivity contribution in [2.45, 2.75) is 32.9 Å². The Hall–Kier alpha value is -0.770. The lowest BCUT2D eigenvalue weighted by Crippen LogP contribution is -2.14. The molecule has 0 aromatic heterocycles. The minimum atomic E-state index is -0.334. The van der Waals surface area contributed by atoms with Gasteiger partial charge in [0, 0.05) is 23.6 Å². The Morgan fingerprint density at radius 3 is 2.88 bits per heavy atom. The molecule has 0 aliphatic heterocycles. The average Bonchev–Trinajstić information content (AvgIpc) is 2.28. The molecule has 0 radical (unpaired) electrons. The summed E-state index contributed by atoms with van der Waals surface area (Å²) in [5.41, 5.74) is 1.05. The molecule has 4 heteroatoms. The first-order valence-electron chi connectivity index (χ1n) is 5.93. The number of aliphatic hydroxyl groups excluding tert-OH is 1. The van der Waals surface area contributed by atoms with Gasteiger partial charge in [0.15, 0.2) is 0 Å². The average molecular weight is 258 g/mol. The van der Waals surface area contributed by atoms with E-state index in [9.17, 15) is 5.11 Å². The van der Waals surface area contributed by atoms with E-state index in [2.05, 4.69) is 12.2 Å². The van der Waals surface area contributed by atoms with Crippen LogP contribution in [0, 0.1) is 0 Å². The third kappa shape index (κ3) is 5.39. The zero-order valence-electron chi connectivity index (χ0n) is 10.4. The fourth-order valence-corrected chi connectivity index (χ4v) is 1.62. The highest BCUT2D eigenvalue weighted by atomic mass is 35.5. The Kier molecular flexibility index (Phi) is 6.34. The van der Waals surface area contributed by atoms with Crippen LogP contribution in [0.5, 0.6) is 5.75 Å². The van der Waals surface area contributed by atoms with Crippen LogP contribution in [0.4, 0.5) is 0 Å². The van der Waals surface area contributed by atoms with Crippen LogP contribution in [0.2, 0.25) is 5.02 Å². The minimum Gasteiger partial charge on any atom is -0.493 e. The number of halogens is 1. The topological polar surface area (TPSA) is 41.5 Å². The molecule has 0 fully saturated rings. The lowest BCUT2D eigenvalue weighted by molar-refractivity contribution is 0.155. The molecule has 0 saturated carbocycles. The van der Waals surface area contributed by atoms with Gasteiger partial charge < -0.3 is 15.2 Å². The Morgan fingerprint density at radius 2 is 2.24 bits per heavy atom. The van der Waals surface area contributed by atoms with Gasteiger partial charge >= 0.3 is 0 Å². The monoisotopic (exact) mass is 257 g/mol. The van der Waals surface area contributed by atoms with Gasteiger partial charge in [0.25, 0.3) is 0 Å². The largest absolute Gasteiger partial charge is 0.493 e. The number of benzene rings is 1. The SMILES string of the molecule is CCNCc1cc(Cl)ccc1OCCC(C)O. The van der Waals surface area contributed by atoms with Gasteiger partial charge in [0.05, 0.1) is 12.7 Å². The zero-order chi connectivity index (χ0) is 12.7. The van der Waals surface area contributed by atoms with Crippen molar-refractivity contribution in [2.75, 3.05) is 13.2 Å². The molecule has 1 aromatic rings. The molecule has 1 aromatic carbocycles. The Morgan fingerprint density at radius 1 is 1.47 bits per heavy atom. The number of hydrogen-bond acceptors (Lipinski definition) is 3. The maximum absolute atomic E-state index is 9.17. The van der Waals surface area contributed by atoms with Crippen LogP contribution in [0.1, 0.15) is 25.8 Å². The van der Waals surface area contributed by atoms with Crippen LogP contribution >= 0.6 is 11.6 Å². The molecule has 0 amide bonds. The number of aliphatic hydroxyl groups is 1. The highest BCUT2D eigenvalue weighted by Crippen LogP contribution is 2.23. The van der Waals surface area contributed by atoms with Crippen molar-refractivity contribution in [1.82, 2.24) is 5.32 Å². The lowest BCUT2D eigenvalue weighted by Gasteiger charge is -2.13. The van der Waals surface area contributed by atoms with Gasteiger partial charge in [-0.3, -0.25) is 0 Å². The first kappa shape index (κ1) is 14.3. The molecule has 2 N–H and O–H groups in total. The predicted molar refractivity (Wildman–Crippen MR) is 70.6 cm³/mol. The van der Waals surface area contributed by atoms with Gasteiger partial charge in [-0.1, -0.05) is 18.5 Å². The molecule has 1 atom stereocenters. The van der Waals surface area contributed by atoms with Crippen LogP contribution < -0.4 is 10.1 Å². The zero-order valence-corrected chi connectivity index (χ0v) is 11.1. The second-order valence-electron chi connectivity index (χ2n) is 4.02. The van der Waals surface area contributed by atoms with E-state index in [-0.39, 0.29) is 6.10 Å². The summed E-state index contributed by atoms with van der Waals surface area (Å²) in [7, 11) is 0. The molecule has 17 heavy (non-hydrogen) atoms. The fraction of sp³-hybridized carbons (Fsp3) is 0.538. The summed E-state index contributed by atoms with van der Waals surface area (Å²) in [6.45, 7) is 5.96. The molecule has 0 heterocycles. The van der Waals surface area contributed by atoms with Gasteiger partial charge in [0.2, 0.25) is 0 Å². The van der Waals surface area contributed by atoms with Gasteiger partial charge in [-0.2, -0.15) is 0 Å². The van der Waals surface area contributed by atoms with Crippen molar-refractivity contribution in [3.63, 3.8) is 0 Å². The number of hydrogen-bond donors (Lipinski definition) is 2. The van der Waals surface area contributed by atoms with E-state index in [0.29, 0.717) is 18.1 Å². The summed E-state index contributed by atoms with van der Waals surface area (Å²) in [4.78, 5) is 0. The van der Waals surface area contributed by atoms with Gasteiger partial charge in [-0.25, -0.2) is 0 Å². The second kappa shape index (κ2) is 7.54. The van der Waals surface area contributed by atoms with Crippen molar-refractivity contribution in [1.29, 1.82) is 0 Å². The summed E-state index contributed by atoms with van der Waals surface area (Å²) in [5.74, 6) is 0.830. The lowest BCUT2D eigenvalue weighted by atomic mass is 10.2. The van der Waals surface area contributed by atoms with E-state index in [0.717, 1.165) is 24.4 Å². The molecular formula is C13H20ClNO2. The first-order valence-corrected chi connectivity index (χ1v) is 6.31. The smallest absolute Gasteiger partial charge is 0.123 e. The van der Waals surface area contributed by atoms with E-state index in [1.807, 2.05) is 18.2 Å². The van der Waals surface area contributed by atoms with Crippen molar-refractivity contribution in [3.05, 3.63) is 28.8 Å². The van der Waals surface area contributed by atoms with E-state index >= 15 is 0 Å². The van der Waals surface area contributed by atoms with Crippen molar-refractivity contribution in [3.8, 4) is 5.75 Å². The number of ether oxygens (including phenoxy) is 1. The third-order valence-corrected chi connectivity index (χ3v) is 2.62. The Bertz CT molecular complexity index is 342. The number of nitrogens with one attached hydrogen (secondary N) is 1. The summed E-state index contributed by atoms with van der Waals surface area (Å²) in [6, 6.07) is 5.59. The van der Waals surface area contributed by atoms with Gasteiger partial charge in [-0.15, -0.1) is 0 Å². The maximum Gasteiger partial charge on any atom is 0.123 e. The highest BCUT2D eigenvalue weighted by molar-refractivity contribution is 6.30. The second-order valence-corrected chi connectivity index (χ2v) is 4.45. The fourth-order valence-electron chi connectivity index (χ4n) is 1.43. The minimum absolute atomic E-state index is 0.334. The maximum atomic E-state index is 9.17. The normalized spacial score (nSPS) is 12.5. The Labute approximate surface area is 108 Å². The summed E-state index contributed by atoms with van der Waals surface area (Å²) >= 11 is 5.96. The molecule has 0 spiro atoms. The van der Waals surface area contributed by atoms with Gasteiger partial charge in [-0.05, 0) is 31.7 Å². The molecule has 0 aliphatic carbocycles.